The second-order valence-corrected chi connectivity index (χ2v) is 18.0. The molecule has 50 heavy (non-hydrogen) atoms. The molecule has 6 rings (SSSR count). The molecular weight excluding hydrogens is 734 g/mol. The van der Waals surface area contributed by atoms with Crippen LogP contribution in [0.15, 0.2) is 29.7 Å². The highest BCUT2D eigenvalue weighted by Gasteiger charge is 2.49. The van der Waals surface area contributed by atoms with Gasteiger partial charge in [0.2, 0.25) is 17.7 Å². The molecule has 1 saturated carbocycles. The van der Waals surface area contributed by atoms with E-state index in [0.717, 1.165) is 0 Å². The van der Waals surface area contributed by atoms with Gasteiger partial charge in [-0.2, -0.15) is 10.2 Å². The van der Waals surface area contributed by atoms with Gasteiger partial charge >= 0.3 is 13.4 Å². The zero-order chi connectivity index (χ0) is 35.6. The van der Waals surface area contributed by atoms with Crippen LogP contribution in [0.2, 0.25) is 0 Å². The summed E-state index contributed by atoms with van der Waals surface area (Å²) in [5, 5.41) is 11.8. The summed E-state index contributed by atoms with van der Waals surface area (Å²) >= 11 is 11.4. The number of anilines is 1. The Labute approximate surface area is 296 Å². The van der Waals surface area contributed by atoms with Gasteiger partial charge in [0, 0.05) is 36.4 Å². The third-order valence-electron chi connectivity index (χ3n) is 8.43. The second-order valence-electron chi connectivity index (χ2n) is 12.3. The predicted octanol–water partition coefficient (Wildman–Crippen LogP) is 3.08. The van der Waals surface area contributed by atoms with Crippen LogP contribution in [0.3, 0.4) is 0 Å². The van der Waals surface area contributed by atoms with Gasteiger partial charge in [-0.3, -0.25) is 24.5 Å². The van der Waals surface area contributed by atoms with E-state index in [1.54, 1.807) is 26.1 Å². The number of rotatable bonds is 8. The Kier molecular flexibility index (Phi) is 11.4. The molecule has 5 heterocycles. The van der Waals surface area contributed by atoms with Crippen LogP contribution in [0.25, 0.3) is 11.2 Å². The zero-order valence-corrected chi connectivity index (χ0v) is 30.6. The van der Waals surface area contributed by atoms with Gasteiger partial charge in [-0.05, 0) is 30.0 Å². The fraction of sp³-hybridized carbons (Fsp3) is 0.607. The lowest BCUT2D eigenvalue weighted by Crippen LogP contribution is -2.29. The quantitative estimate of drug-likeness (QED) is 0.221. The first kappa shape index (κ1) is 37.0. The molecule has 2 bridgehead atoms. The number of ether oxygens (including phenoxy) is 2. The molecule has 22 heteroatoms. The minimum absolute atomic E-state index is 0.0112. The van der Waals surface area contributed by atoms with E-state index in [-0.39, 0.29) is 67.2 Å². The largest absolute Gasteiger partial charge is 0.474 e. The number of aromatic nitrogens is 6. The molecule has 3 aliphatic rings. The van der Waals surface area contributed by atoms with Crippen molar-refractivity contribution in [1.82, 2.24) is 29.5 Å². The van der Waals surface area contributed by atoms with E-state index in [9.17, 15) is 19.7 Å². The molecule has 2 saturated heterocycles. The average Bonchev–Trinajstić information content (AvgIpc) is 3.74. The summed E-state index contributed by atoms with van der Waals surface area (Å²) in [5.41, 5.74) is -0.499. The summed E-state index contributed by atoms with van der Waals surface area (Å²) in [7, 11) is 0. The fourth-order valence-corrected chi connectivity index (χ4v) is 9.51. The molecular formula is C28H36N8O10P2S2. The molecule has 2 aliphatic heterocycles. The minimum Gasteiger partial charge on any atom is -0.474 e. The van der Waals surface area contributed by atoms with E-state index in [1.807, 2.05) is 13.0 Å². The number of carbonyl (C=O) groups excluding carboxylic acids is 1. The topological polar surface area (TPSA) is 227 Å². The standard InChI is InChI=1S/C28H36N8O10P2S2/c1-15(2)25(37)34-28-33-24-22(26(38)35-28)32-14-36(24)27-23-16(3)20(44-27)12-41-47(39,49)45-19-10-18(43-21-5-7-30-13-31-21)9-17(19)11-42-48(50,46-23)40-8-4-6-29/h5,7,13-20,23,27H,4,8-12H2,1-3H3,(H,39,49)(H2,33,34,35,37,38)/t16-,17-,18-,19+,20-,23-,27-,47?,48?/m1/s1. The summed E-state index contributed by atoms with van der Waals surface area (Å²) in [4.78, 5) is 55.8. The van der Waals surface area contributed by atoms with Crippen molar-refractivity contribution in [3.63, 3.8) is 0 Å². The van der Waals surface area contributed by atoms with Gasteiger partial charge in [0.25, 0.3) is 5.56 Å². The van der Waals surface area contributed by atoms with Crippen molar-refractivity contribution in [2.24, 2.45) is 17.8 Å². The summed E-state index contributed by atoms with van der Waals surface area (Å²) in [6.45, 7) is -2.47. The second kappa shape index (κ2) is 15.4. The van der Waals surface area contributed by atoms with Crippen LogP contribution in [0.1, 0.15) is 46.3 Å². The third-order valence-corrected chi connectivity index (χ3v) is 12.4. The van der Waals surface area contributed by atoms with Crippen molar-refractivity contribution in [1.29, 1.82) is 5.26 Å². The van der Waals surface area contributed by atoms with Crippen molar-refractivity contribution >= 4 is 60.1 Å². The molecule has 3 aromatic rings. The van der Waals surface area contributed by atoms with Crippen molar-refractivity contribution in [2.75, 3.05) is 25.1 Å². The Morgan fingerprint density at radius 1 is 1.24 bits per heavy atom. The summed E-state index contributed by atoms with van der Waals surface area (Å²) < 4.78 is 44.7. The number of nitrogens with zero attached hydrogens (tertiary/aromatic N) is 6. The Hall–Kier alpha value is -2.79. The number of H-pyrrole nitrogens is 1. The number of imidazole rings is 1. The minimum atomic E-state index is -3.82. The van der Waals surface area contributed by atoms with E-state index in [2.05, 4.69) is 30.2 Å². The maximum Gasteiger partial charge on any atom is 0.327 e. The van der Waals surface area contributed by atoms with Crippen LogP contribution in [0.4, 0.5) is 5.95 Å². The van der Waals surface area contributed by atoms with E-state index in [1.165, 1.54) is 17.2 Å². The number of nitriles is 1. The van der Waals surface area contributed by atoms with Gasteiger partial charge in [-0.1, -0.05) is 20.8 Å². The molecule has 3 aromatic heterocycles. The highest BCUT2D eigenvalue weighted by atomic mass is 32.5. The Morgan fingerprint density at radius 3 is 2.80 bits per heavy atom. The maximum atomic E-state index is 13.0. The molecule has 1 amide bonds. The lowest BCUT2D eigenvalue weighted by atomic mass is 10.0. The van der Waals surface area contributed by atoms with Crippen LogP contribution in [0, 0.1) is 29.1 Å². The lowest BCUT2D eigenvalue weighted by molar-refractivity contribution is -0.118. The number of amides is 1. The van der Waals surface area contributed by atoms with Crippen molar-refractivity contribution in [2.45, 2.75) is 70.7 Å². The molecule has 0 radical (unpaired) electrons. The highest BCUT2D eigenvalue weighted by molar-refractivity contribution is 8.07. The van der Waals surface area contributed by atoms with Gasteiger partial charge in [-0.15, -0.1) is 0 Å². The molecule has 1 aliphatic carbocycles. The third kappa shape index (κ3) is 8.46. The summed E-state index contributed by atoms with van der Waals surface area (Å²) in [5.74, 6) is -1.28. The van der Waals surface area contributed by atoms with Crippen molar-refractivity contribution < 1.29 is 41.8 Å². The number of carbonyl (C=O) groups is 1. The molecule has 0 aromatic carbocycles. The lowest BCUT2D eigenvalue weighted by Gasteiger charge is -2.30. The van der Waals surface area contributed by atoms with Crippen LogP contribution in [-0.2, 0) is 55.8 Å². The Morgan fingerprint density at radius 2 is 2.06 bits per heavy atom. The van der Waals surface area contributed by atoms with Gasteiger partial charge in [0.1, 0.15) is 18.5 Å². The van der Waals surface area contributed by atoms with Gasteiger partial charge < -0.3 is 37.0 Å². The Bertz CT molecular complexity index is 1890. The van der Waals surface area contributed by atoms with Crippen LogP contribution < -0.4 is 15.6 Å². The molecule has 3 fully saturated rings. The van der Waals surface area contributed by atoms with Gasteiger partial charge in [-0.25, -0.2) is 15.0 Å². The number of hydrogen-bond acceptors (Lipinski definition) is 16. The summed E-state index contributed by atoms with van der Waals surface area (Å²) in [6.07, 6.45) is 1.47. The first-order valence-corrected chi connectivity index (χ1v) is 21.0. The average molecular weight is 771 g/mol. The monoisotopic (exact) mass is 770 g/mol. The number of aromatic amines is 1. The smallest absolute Gasteiger partial charge is 0.327 e. The molecule has 3 N–H and O–H groups in total. The van der Waals surface area contributed by atoms with Crippen molar-refractivity contribution in [3.05, 3.63) is 35.3 Å². The highest BCUT2D eigenvalue weighted by Crippen LogP contribution is 2.58. The number of fused-ring (bicyclic) bond motifs is 4. The fourth-order valence-electron chi connectivity index (χ4n) is 5.81. The maximum absolute atomic E-state index is 13.0. The normalized spacial score (nSPS) is 33.2. The molecule has 18 nitrogen and oxygen atoms in total. The van der Waals surface area contributed by atoms with Crippen molar-refractivity contribution in [3.8, 4) is 11.9 Å². The molecule has 2 unspecified atom stereocenters. The first-order valence-electron chi connectivity index (χ1n) is 15.8. The molecule has 0 spiro atoms. The van der Waals surface area contributed by atoms with E-state index in [0.29, 0.717) is 18.7 Å². The number of hydrogen-bond donors (Lipinski definition) is 3. The van der Waals surface area contributed by atoms with Gasteiger partial charge in [0.05, 0.1) is 50.8 Å². The van der Waals surface area contributed by atoms with Gasteiger partial charge in [0.15, 0.2) is 17.4 Å². The Balaban J connectivity index is 1.32. The van der Waals surface area contributed by atoms with Crippen LogP contribution >= 0.6 is 13.4 Å². The number of nitrogens with one attached hydrogen (secondary N) is 2. The molecule has 9 atom stereocenters. The first-order chi connectivity index (χ1) is 23.8. The predicted molar refractivity (Wildman–Crippen MR) is 182 cm³/mol. The van der Waals surface area contributed by atoms with Crippen LogP contribution in [-0.4, -0.2) is 84.5 Å². The van der Waals surface area contributed by atoms with E-state index >= 15 is 0 Å². The molecule has 270 valence electrons. The zero-order valence-electron chi connectivity index (χ0n) is 27.2. The summed E-state index contributed by atoms with van der Waals surface area (Å²) in [6, 6.07) is 3.66. The SMILES string of the molecule is CC(C)C(=O)Nc1nc2c(ncn2[C@@H]2O[C@@H]3COP(O)(=S)O[C@H]4C[C@H](Oc5ccncn5)C[C@@H]4COP(=S)(OCCC#N)O[C@@H]2[C@@H]3C)c(=O)[nH]1. The van der Waals surface area contributed by atoms with Crippen LogP contribution in [0.5, 0.6) is 5.88 Å². The van der Waals surface area contributed by atoms with E-state index in [4.69, 9.17) is 55.7 Å². The van der Waals surface area contributed by atoms with E-state index < -0.39 is 49.5 Å².